The van der Waals surface area contributed by atoms with E-state index in [1.54, 1.807) is 0 Å². The number of hydrogen-bond donors (Lipinski definition) is 1. The van der Waals surface area contributed by atoms with Crippen LogP contribution >= 0.6 is 11.3 Å². The Morgan fingerprint density at radius 2 is 2.10 bits per heavy atom. The molecule has 0 radical (unpaired) electrons. The van der Waals surface area contributed by atoms with Crippen LogP contribution in [0.3, 0.4) is 0 Å². The summed E-state index contributed by atoms with van der Waals surface area (Å²) in [6, 6.07) is 6.56. The maximum Gasteiger partial charge on any atom is 0.0221 e. The summed E-state index contributed by atoms with van der Waals surface area (Å²) in [7, 11) is 0. The smallest absolute Gasteiger partial charge is 0.0221 e. The second-order valence-electron chi connectivity index (χ2n) is 6.72. The van der Waals surface area contributed by atoms with Gasteiger partial charge in [0.15, 0.2) is 0 Å². The topological polar surface area (TPSA) is 15.3 Å². The van der Waals surface area contributed by atoms with Gasteiger partial charge in [0.2, 0.25) is 0 Å². The van der Waals surface area contributed by atoms with E-state index in [0.29, 0.717) is 18.1 Å². The lowest BCUT2D eigenvalue weighted by atomic mass is 9.93. The molecule has 1 aliphatic heterocycles. The van der Waals surface area contributed by atoms with Crippen molar-refractivity contribution in [1.82, 2.24) is 10.2 Å². The van der Waals surface area contributed by atoms with Gasteiger partial charge in [-0.2, -0.15) is 0 Å². The first-order valence-electron chi connectivity index (χ1n) is 8.59. The van der Waals surface area contributed by atoms with Crippen LogP contribution in [-0.2, 0) is 6.42 Å². The van der Waals surface area contributed by atoms with Gasteiger partial charge < -0.3 is 5.32 Å². The number of piperazine rings is 1. The van der Waals surface area contributed by atoms with Crippen molar-refractivity contribution in [1.29, 1.82) is 0 Å². The van der Waals surface area contributed by atoms with Gasteiger partial charge in [-0.3, -0.25) is 4.90 Å². The number of nitrogens with one attached hydrogen (secondary N) is 1. The summed E-state index contributed by atoms with van der Waals surface area (Å²) in [5, 5.41) is 3.78. The fourth-order valence-corrected chi connectivity index (χ4v) is 4.44. The Kier molecular flexibility index (Phi) is 6.27. The summed E-state index contributed by atoms with van der Waals surface area (Å²) in [5.74, 6) is 0.765. The molecule has 0 aromatic carbocycles. The molecule has 21 heavy (non-hydrogen) atoms. The van der Waals surface area contributed by atoms with Gasteiger partial charge in [-0.1, -0.05) is 27.2 Å². The number of nitrogens with zero attached hydrogens (tertiary/aromatic N) is 1. The van der Waals surface area contributed by atoms with Crippen molar-refractivity contribution in [3.05, 3.63) is 21.9 Å². The molecule has 1 aromatic rings. The molecule has 0 spiro atoms. The fraction of sp³-hybridized carbons (Fsp3) is 0.778. The fourth-order valence-electron chi connectivity index (χ4n) is 3.43. The summed E-state index contributed by atoms with van der Waals surface area (Å²) in [6.45, 7) is 14.0. The van der Waals surface area contributed by atoms with Crippen molar-refractivity contribution in [3.63, 3.8) is 0 Å². The third kappa shape index (κ3) is 4.30. The van der Waals surface area contributed by atoms with Gasteiger partial charge in [0.1, 0.15) is 0 Å². The van der Waals surface area contributed by atoms with Crippen LogP contribution in [0.25, 0.3) is 0 Å². The van der Waals surface area contributed by atoms with Crippen molar-refractivity contribution in [3.8, 4) is 0 Å². The Labute approximate surface area is 134 Å². The van der Waals surface area contributed by atoms with Gasteiger partial charge in [0.05, 0.1) is 0 Å². The van der Waals surface area contributed by atoms with Gasteiger partial charge in [-0.25, -0.2) is 0 Å². The minimum absolute atomic E-state index is 0.640. The van der Waals surface area contributed by atoms with Gasteiger partial charge in [-0.05, 0) is 44.7 Å². The van der Waals surface area contributed by atoms with Crippen molar-refractivity contribution in [2.75, 3.05) is 13.1 Å². The van der Waals surface area contributed by atoms with Crippen LogP contribution in [0, 0.1) is 12.8 Å². The molecule has 0 bridgehead atoms. The molecular formula is C18H32N2S. The monoisotopic (exact) mass is 308 g/mol. The lowest BCUT2D eigenvalue weighted by molar-refractivity contribution is 0.0712. The standard InChI is InChI=1S/C18H32N2S/c1-6-13(3)18-12-20(16(7-2)11-19-18)14(4)10-17-9-8-15(5)21-17/h8-9,13-14,16,18-19H,6-7,10-12H2,1-5H3. The molecule has 0 aliphatic carbocycles. The van der Waals surface area contributed by atoms with Crippen molar-refractivity contribution in [2.45, 2.75) is 72.0 Å². The molecule has 1 saturated heterocycles. The highest BCUT2D eigenvalue weighted by molar-refractivity contribution is 7.11. The maximum atomic E-state index is 3.78. The lowest BCUT2D eigenvalue weighted by Gasteiger charge is -2.45. The van der Waals surface area contributed by atoms with Crippen LogP contribution < -0.4 is 5.32 Å². The third-order valence-electron chi connectivity index (χ3n) is 5.15. The number of hydrogen-bond acceptors (Lipinski definition) is 3. The first-order valence-corrected chi connectivity index (χ1v) is 9.41. The molecular weight excluding hydrogens is 276 g/mol. The predicted octanol–water partition coefficient (Wildman–Crippen LogP) is 4.09. The minimum Gasteiger partial charge on any atom is -0.311 e. The summed E-state index contributed by atoms with van der Waals surface area (Å²) in [4.78, 5) is 5.73. The molecule has 2 heterocycles. The van der Waals surface area contributed by atoms with Crippen molar-refractivity contribution in [2.24, 2.45) is 5.92 Å². The molecule has 1 aliphatic rings. The van der Waals surface area contributed by atoms with E-state index < -0.39 is 0 Å². The molecule has 2 nitrogen and oxygen atoms in total. The van der Waals surface area contributed by atoms with Crippen molar-refractivity contribution >= 4 is 11.3 Å². The number of thiophene rings is 1. The van der Waals surface area contributed by atoms with E-state index in [-0.39, 0.29) is 0 Å². The highest BCUT2D eigenvalue weighted by atomic mass is 32.1. The lowest BCUT2D eigenvalue weighted by Crippen LogP contribution is -2.60. The Hall–Kier alpha value is -0.380. The summed E-state index contributed by atoms with van der Waals surface area (Å²) < 4.78 is 0. The van der Waals surface area contributed by atoms with E-state index in [0.717, 1.165) is 12.5 Å². The zero-order valence-electron chi connectivity index (χ0n) is 14.4. The molecule has 1 fully saturated rings. The third-order valence-corrected chi connectivity index (χ3v) is 6.18. The molecule has 4 atom stereocenters. The molecule has 0 amide bonds. The van der Waals surface area contributed by atoms with E-state index in [2.05, 4.69) is 57.0 Å². The van der Waals surface area contributed by atoms with E-state index in [9.17, 15) is 0 Å². The highest BCUT2D eigenvalue weighted by Crippen LogP contribution is 2.23. The highest BCUT2D eigenvalue weighted by Gasteiger charge is 2.31. The Morgan fingerprint density at radius 3 is 2.67 bits per heavy atom. The van der Waals surface area contributed by atoms with E-state index in [1.165, 1.54) is 35.6 Å². The molecule has 1 aromatic heterocycles. The summed E-state index contributed by atoms with van der Waals surface area (Å²) in [6.07, 6.45) is 3.71. The van der Waals surface area contributed by atoms with E-state index in [1.807, 2.05) is 11.3 Å². The van der Waals surface area contributed by atoms with Crippen LogP contribution in [0.4, 0.5) is 0 Å². The quantitative estimate of drug-likeness (QED) is 0.851. The average Bonchev–Trinajstić information content (AvgIpc) is 2.90. The van der Waals surface area contributed by atoms with E-state index >= 15 is 0 Å². The number of aryl methyl sites for hydroxylation is 1. The first-order chi connectivity index (χ1) is 10.0. The van der Waals surface area contributed by atoms with Crippen molar-refractivity contribution < 1.29 is 0 Å². The van der Waals surface area contributed by atoms with Gasteiger partial charge in [0, 0.05) is 41.0 Å². The molecule has 1 N–H and O–H groups in total. The van der Waals surface area contributed by atoms with Crippen LogP contribution in [0.15, 0.2) is 12.1 Å². The molecule has 3 heteroatoms. The SMILES string of the molecule is CCC(C)C1CN(C(C)Cc2ccc(C)s2)C(CC)CN1. The normalized spacial score (nSPS) is 26.7. The minimum atomic E-state index is 0.640. The predicted molar refractivity (Wildman–Crippen MR) is 94.3 cm³/mol. The van der Waals surface area contributed by atoms with Crippen LogP contribution in [0.2, 0.25) is 0 Å². The average molecular weight is 309 g/mol. The molecule has 4 unspecified atom stereocenters. The summed E-state index contributed by atoms with van der Waals surface area (Å²) in [5.41, 5.74) is 0. The first kappa shape index (κ1) is 17.0. The van der Waals surface area contributed by atoms with Gasteiger partial charge in [-0.15, -0.1) is 11.3 Å². The largest absolute Gasteiger partial charge is 0.311 e. The molecule has 0 saturated carbocycles. The maximum absolute atomic E-state index is 3.78. The summed E-state index contributed by atoms with van der Waals surface area (Å²) >= 11 is 1.96. The van der Waals surface area contributed by atoms with Gasteiger partial charge in [0.25, 0.3) is 0 Å². The second-order valence-corrected chi connectivity index (χ2v) is 8.10. The molecule has 2 rings (SSSR count). The Bertz CT molecular complexity index is 429. The van der Waals surface area contributed by atoms with E-state index in [4.69, 9.17) is 0 Å². The van der Waals surface area contributed by atoms with Gasteiger partial charge >= 0.3 is 0 Å². The molecule has 120 valence electrons. The van der Waals surface area contributed by atoms with Crippen LogP contribution in [0.5, 0.6) is 0 Å². The Morgan fingerprint density at radius 1 is 1.33 bits per heavy atom. The van der Waals surface area contributed by atoms with Crippen LogP contribution in [0.1, 0.15) is 50.3 Å². The zero-order valence-corrected chi connectivity index (χ0v) is 15.2. The second kappa shape index (κ2) is 7.75. The number of rotatable bonds is 6. The Balaban J connectivity index is 2.01. The van der Waals surface area contributed by atoms with Crippen LogP contribution in [-0.4, -0.2) is 36.1 Å². The zero-order chi connectivity index (χ0) is 15.4.